The molecule has 0 spiro atoms. The Morgan fingerprint density at radius 2 is 1.83 bits per heavy atom. The van der Waals surface area contributed by atoms with Crippen LogP contribution in [0.4, 0.5) is 13.2 Å². The Hall–Kier alpha value is -0.290. The Bertz CT molecular complexity index is 243. The third-order valence-corrected chi connectivity index (χ3v) is 4.03. The molecule has 0 saturated heterocycles. The lowest BCUT2D eigenvalue weighted by atomic mass is 9.72. The number of alkyl halides is 3. The van der Waals surface area contributed by atoms with Crippen LogP contribution in [0, 0.1) is 17.8 Å². The van der Waals surface area contributed by atoms with Gasteiger partial charge in [0.1, 0.15) is 0 Å². The molecule has 0 radical (unpaired) electrons. The molecule has 1 fully saturated rings. The van der Waals surface area contributed by atoms with Crippen molar-refractivity contribution < 1.29 is 13.2 Å². The molecule has 1 rings (SSSR count). The quantitative estimate of drug-likeness (QED) is 0.847. The Balaban J connectivity index is 2.41. The van der Waals surface area contributed by atoms with Gasteiger partial charge in [-0.15, -0.1) is 0 Å². The second kappa shape index (κ2) is 6.24. The summed E-state index contributed by atoms with van der Waals surface area (Å²) in [5, 5.41) is 0. The van der Waals surface area contributed by atoms with Crippen LogP contribution in [0.15, 0.2) is 0 Å². The fourth-order valence-corrected chi connectivity index (χ4v) is 3.05. The van der Waals surface area contributed by atoms with Crippen molar-refractivity contribution in [3.63, 3.8) is 0 Å². The molecule has 1 saturated carbocycles. The smallest absolute Gasteiger partial charge is 0.327 e. The molecule has 0 amide bonds. The average molecular weight is 266 g/mol. The highest BCUT2D eigenvalue weighted by molar-refractivity contribution is 4.87. The highest BCUT2D eigenvalue weighted by atomic mass is 19.4. The standard InChI is InChI=1S/C13H25F3N2/c1-9-6-10(2)11(12(17)7-9)8-18(3)5-4-13(14,15)16/h9-12H,4-8,17H2,1-3H3. The molecule has 0 bridgehead atoms. The molecule has 108 valence electrons. The average Bonchev–Trinajstić information content (AvgIpc) is 2.19. The van der Waals surface area contributed by atoms with Gasteiger partial charge in [0.15, 0.2) is 0 Å². The monoisotopic (exact) mass is 266 g/mol. The molecule has 0 aliphatic heterocycles. The molecule has 4 atom stereocenters. The van der Waals surface area contributed by atoms with E-state index in [-0.39, 0.29) is 12.6 Å². The van der Waals surface area contributed by atoms with Crippen molar-refractivity contribution in [3.05, 3.63) is 0 Å². The topological polar surface area (TPSA) is 29.3 Å². The van der Waals surface area contributed by atoms with Crippen LogP contribution in [0.1, 0.15) is 33.1 Å². The normalized spacial score (nSPS) is 34.0. The molecular formula is C13H25F3N2. The van der Waals surface area contributed by atoms with Crippen molar-refractivity contribution in [1.82, 2.24) is 4.90 Å². The Labute approximate surface area is 108 Å². The van der Waals surface area contributed by atoms with Gasteiger partial charge in [0, 0.05) is 19.1 Å². The predicted molar refractivity (Wildman–Crippen MR) is 67.2 cm³/mol. The van der Waals surface area contributed by atoms with E-state index in [2.05, 4.69) is 13.8 Å². The third-order valence-electron chi connectivity index (χ3n) is 4.03. The summed E-state index contributed by atoms with van der Waals surface area (Å²) >= 11 is 0. The Kier molecular flexibility index (Phi) is 5.46. The summed E-state index contributed by atoms with van der Waals surface area (Å²) in [7, 11) is 1.75. The van der Waals surface area contributed by atoms with Gasteiger partial charge in [-0.1, -0.05) is 13.8 Å². The van der Waals surface area contributed by atoms with Crippen LogP contribution in [0.25, 0.3) is 0 Å². The van der Waals surface area contributed by atoms with E-state index in [1.165, 1.54) is 0 Å². The molecule has 4 unspecified atom stereocenters. The summed E-state index contributed by atoms with van der Waals surface area (Å²) < 4.78 is 36.4. The zero-order chi connectivity index (χ0) is 13.9. The summed E-state index contributed by atoms with van der Waals surface area (Å²) in [5.41, 5.74) is 6.14. The van der Waals surface area contributed by atoms with Crippen molar-refractivity contribution in [3.8, 4) is 0 Å². The fraction of sp³-hybridized carbons (Fsp3) is 1.00. The molecule has 18 heavy (non-hydrogen) atoms. The Morgan fingerprint density at radius 3 is 2.33 bits per heavy atom. The van der Waals surface area contributed by atoms with Gasteiger partial charge in [-0.2, -0.15) is 13.2 Å². The molecule has 0 heterocycles. The number of rotatable bonds is 4. The molecule has 1 aliphatic carbocycles. The minimum Gasteiger partial charge on any atom is -0.327 e. The number of hydrogen-bond acceptors (Lipinski definition) is 2. The summed E-state index contributed by atoms with van der Waals surface area (Å²) in [6.45, 7) is 5.10. The molecule has 0 aromatic carbocycles. The van der Waals surface area contributed by atoms with E-state index in [1.54, 1.807) is 11.9 Å². The lowest BCUT2D eigenvalue weighted by molar-refractivity contribution is -0.137. The first-order valence-corrected chi connectivity index (χ1v) is 6.70. The van der Waals surface area contributed by atoms with Crippen LogP contribution in [-0.2, 0) is 0 Å². The zero-order valence-electron chi connectivity index (χ0n) is 11.5. The zero-order valence-corrected chi connectivity index (χ0v) is 11.5. The second-order valence-electron chi connectivity index (χ2n) is 6.01. The van der Waals surface area contributed by atoms with E-state index in [0.29, 0.717) is 24.3 Å². The van der Waals surface area contributed by atoms with Crippen molar-refractivity contribution in [2.75, 3.05) is 20.1 Å². The van der Waals surface area contributed by atoms with Crippen LogP contribution in [0.2, 0.25) is 0 Å². The summed E-state index contributed by atoms with van der Waals surface area (Å²) in [6.07, 6.45) is -2.69. The molecule has 5 heteroatoms. The highest BCUT2D eigenvalue weighted by Crippen LogP contribution is 2.33. The van der Waals surface area contributed by atoms with Crippen molar-refractivity contribution in [2.45, 2.75) is 45.3 Å². The van der Waals surface area contributed by atoms with Crippen LogP contribution in [0.3, 0.4) is 0 Å². The van der Waals surface area contributed by atoms with E-state index >= 15 is 0 Å². The van der Waals surface area contributed by atoms with Gasteiger partial charge in [0.25, 0.3) is 0 Å². The van der Waals surface area contributed by atoms with Gasteiger partial charge >= 0.3 is 6.18 Å². The number of nitrogens with zero attached hydrogens (tertiary/aromatic N) is 1. The van der Waals surface area contributed by atoms with Gasteiger partial charge in [-0.3, -0.25) is 0 Å². The molecule has 1 aliphatic rings. The summed E-state index contributed by atoms with van der Waals surface area (Å²) in [5.74, 6) is 1.45. The minimum atomic E-state index is -4.07. The second-order valence-corrected chi connectivity index (χ2v) is 6.01. The van der Waals surface area contributed by atoms with Crippen LogP contribution in [-0.4, -0.2) is 37.3 Å². The van der Waals surface area contributed by atoms with E-state index in [1.807, 2.05) is 0 Å². The van der Waals surface area contributed by atoms with E-state index in [9.17, 15) is 13.2 Å². The maximum atomic E-state index is 12.1. The maximum absolute atomic E-state index is 12.1. The first-order valence-electron chi connectivity index (χ1n) is 6.70. The van der Waals surface area contributed by atoms with Crippen LogP contribution >= 0.6 is 0 Å². The molecule has 0 aromatic heterocycles. The summed E-state index contributed by atoms with van der Waals surface area (Å²) in [6, 6.07) is 0.122. The molecule has 2 N–H and O–H groups in total. The van der Waals surface area contributed by atoms with Crippen LogP contribution in [0.5, 0.6) is 0 Å². The van der Waals surface area contributed by atoms with Crippen molar-refractivity contribution >= 4 is 0 Å². The highest BCUT2D eigenvalue weighted by Gasteiger charge is 2.33. The summed E-state index contributed by atoms with van der Waals surface area (Å²) in [4.78, 5) is 1.77. The van der Waals surface area contributed by atoms with Gasteiger partial charge in [0.05, 0.1) is 6.42 Å². The van der Waals surface area contributed by atoms with Crippen LogP contribution < -0.4 is 5.73 Å². The van der Waals surface area contributed by atoms with E-state index in [4.69, 9.17) is 5.73 Å². The maximum Gasteiger partial charge on any atom is 0.390 e. The van der Waals surface area contributed by atoms with Crippen molar-refractivity contribution in [2.24, 2.45) is 23.5 Å². The molecular weight excluding hydrogens is 241 g/mol. The van der Waals surface area contributed by atoms with E-state index < -0.39 is 12.6 Å². The third kappa shape index (κ3) is 5.14. The minimum absolute atomic E-state index is 0.0645. The SMILES string of the molecule is CC1CC(C)C(CN(C)CCC(F)(F)F)C(N)C1. The van der Waals surface area contributed by atoms with Gasteiger partial charge in [-0.05, 0) is 37.6 Å². The lowest BCUT2D eigenvalue weighted by Gasteiger charge is -2.39. The molecule has 2 nitrogen and oxygen atoms in total. The number of hydrogen-bond donors (Lipinski definition) is 1. The molecule has 0 aromatic rings. The van der Waals surface area contributed by atoms with Crippen molar-refractivity contribution in [1.29, 1.82) is 0 Å². The fourth-order valence-electron chi connectivity index (χ4n) is 3.05. The first-order chi connectivity index (χ1) is 8.19. The number of halogens is 3. The largest absolute Gasteiger partial charge is 0.390 e. The first kappa shape index (κ1) is 15.8. The Morgan fingerprint density at radius 1 is 1.22 bits per heavy atom. The van der Waals surface area contributed by atoms with Gasteiger partial charge in [-0.25, -0.2) is 0 Å². The number of nitrogens with two attached hydrogens (primary N) is 1. The van der Waals surface area contributed by atoms with Gasteiger partial charge in [0.2, 0.25) is 0 Å². The van der Waals surface area contributed by atoms with E-state index in [0.717, 1.165) is 12.8 Å². The lowest BCUT2D eigenvalue weighted by Crippen LogP contribution is -2.46. The predicted octanol–water partition coefficient (Wildman–Crippen LogP) is 2.88. The van der Waals surface area contributed by atoms with Gasteiger partial charge < -0.3 is 10.6 Å².